The summed E-state index contributed by atoms with van der Waals surface area (Å²) in [6.45, 7) is 11.5. The van der Waals surface area contributed by atoms with Gasteiger partial charge in [-0.3, -0.25) is 9.48 Å². The van der Waals surface area contributed by atoms with E-state index in [2.05, 4.69) is 17.0 Å². The third-order valence-corrected chi connectivity index (χ3v) is 4.60. The molecule has 160 valence electrons. The van der Waals surface area contributed by atoms with Crippen molar-refractivity contribution in [3.63, 3.8) is 0 Å². The quantitative estimate of drug-likeness (QED) is 0.695. The number of amides is 1. The van der Waals surface area contributed by atoms with Crippen LogP contribution in [0.1, 0.15) is 55.0 Å². The maximum atomic E-state index is 13.2. The Balaban J connectivity index is 2.46. The normalized spacial score (nSPS) is 12.6. The van der Waals surface area contributed by atoms with E-state index in [0.717, 1.165) is 5.56 Å². The first-order valence-corrected chi connectivity index (χ1v) is 9.61. The van der Waals surface area contributed by atoms with Gasteiger partial charge in [0, 0.05) is 5.56 Å². The molecule has 1 unspecified atom stereocenters. The molecule has 0 saturated heterocycles. The van der Waals surface area contributed by atoms with E-state index in [0.29, 0.717) is 17.8 Å². The van der Waals surface area contributed by atoms with Gasteiger partial charge in [0.2, 0.25) is 0 Å². The Morgan fingerprint density at radius 1 is 1.30 bits per heavy atom. The van der Waals surface area contributed by atoms with Gasteiger partial charge < -0.3 is 10.1 Å². The van der Waals surface area contributed by atoms with Crippen LogP contribution in [0.15, 0.2) is 36.9 Å². The van der Waals surface area contributed by atoms with E-state index in [9.17, 15) is 14.0 Å². The minimum atomic E-state index is -0.845. The Morgan fingerprint density at radius 2 is 1.93 bits per heavy atom. The Morgan fingerprint density at radius 3 is 2.43 bits per heavy atom. The lowest BCUT2D eigenvalue weighted by molar-refractivity contribution is -0.145. The van der Waals surface area contributed by atoms with Gasteiger partial charge in [-0.15, -0.1) is 0 Å². The fraction of sp³-hybridized carbons (Fsp3) is 0.348. The lowest BCUT2D eigenvalue weighted by atomic mass is 9.86. The number of benzene rings is 1. The molecular weight excluding hydrogens is 385 g/mol. The minimum Gasteiger partial charge on any atom is -0.467 e. The zero-order valence-electron chi connectivity index (χ0n) is 18.0. The van der Waals surface area contributed by atoms with Gasteiger partial charge in [0.15, 0.2) is 5.69 Å². The molecule has 0 fully saturated rings. The van der Waals surface area contributed by atoms with E-state index in [1.807, 2.05) is 27.7 Å². The van der Waals surface area contributed by atoms with Gasteiger partial charge in [0.25, 0.3) is 5.91 Å². The van der Waals surface area contributed by atoms with Gasteiger partial charge in [-0.2, -0.15) is 5.10 Å². The molecule has 1 amide bonds. The number of ether oxygens (including phenoxy) is 1. The van der Waals surface area contributed by atoms with Crippen molar-refractivity contribution >= 4 is 24.0 Å². The molecule has 0 aliphatic rings. The highest BCUT2D eigenvalue weighted by Crippen LogP contribution is 2.23. The lowest BCUT2D eigenvalue weighted by Gasteiger charge is -2.28. The summed E-state index contributed by atoms with van der Waals surface area (Å²) in [4.78, 5) is 25.3. The molecule has 1 aromatic heterocycles. The second-order valence-electron chi connectivity index (χ2n) is 7.93. The maximum absolute atomic E-state index is 13.2. The molecule has 0 radical (unpaired) electrons. The van der Waals surface area contributed by atoms with Crippen molar-refractivity contribution in [2.75, 3.05) is 7.11 Å². The summed E-state index contributed by atoms with van der Waals surface area (Å²) in [5.74, 6) is -1.35. The number of carbonyl (C=O) groups excluding carboxylic acids is 2. The summed E-state index contributed by atoms with van der Waals surface area (Å²) < 4.78 is 19.7. The van der Waals surface area contributed by atoms with Gasteiger partial charge in [0.1, 0.15) is 11.9 Å². The topological polar surface area (TPSA) is 73.2 Å². The average molecular weight is 413 g/mol. The first-order chi connectivity index (χ1) is 14.1. The molecule has 1 aromatic carbocycles. The van der Waals surface area contributed by atoms with E-state index in [1.165, 1.54) is 19.2 Å². The molecule has 0 bridgehead atoms. The van der Waals surface area contributed by atoms with E-state index in [-0.39, 0.29) is 11.5 Å². The third kappa shape index (κ3) is 5.23. The van der Waals surface area contributed by atoms with Crippen molar-refractivity contribution in [2.45, 2.75) is 40.3 Å². The van der Waals surface area contributed by atoms with Crippen LogP contribution in [0.2, 0.25) is 0 Å². The number of methoxy groups -OCH3 is 1. The third-order valence-electron chi connectivity index (χ3n) is 4.60. The molecule has 1 heterocycles. The number of aromatic nitrogens is 2. The van der Waals surface area contributed by atoms with Gasteiger partial charge in [-0.05, 0) is 36.1 Å². The number of nitrogens with one attached hydrogen (secondary N) is 1. The number of carbonyl (C=O) groups is 2. The number of hydrogen-bond acceptors (Lipinski definition) is 4. The molecule has 7 heteroatoms. The number of esters is 1. The van der Waals surface area contributed by atoms with E-state index < -0.39 is 23.3 Å². The van der Waals surface area contributed by atoms with Gasteiger partial charge in [0.05, 0.1) is 19.3 Å². The van der Waals surface area contributed by atoms with Gasteiger partial charge in [-0.25, -0.2) is 9.18 Å². The first kappa shape index (κ1) is 23.1. The average Bonchev–Trinajstić information content (AvgIpc) is 3.03. The molecule has 0 saturated carbocycles. The highest BCUT2D eigenvalue weighted by Gasteiger charge is 2.35. The predicted octanol–water partition coefficient (Wildman–Crippen LogP) is 4.06. The van der Waals surface area contributed by atoms with Crippen LogP contribution in [0, 0.1) is 11.2 Å². The Kier molecular flexibility index (Phi) is 7.32. The van der Waals surface area contributed by atoms with Crippen LogP contribution in [0.5, 0.6) is 0 Å². The van der Waals surface area contributed by atoms with Crippen LogP contribution in [-0.2, 0) is 16.1 Å². The Labute approximate surface area is 176 Å². The van der Waals surface area contributed by atoms with Gasteiger partial charge >= 0.3 is 5.97 Å². The van der Waals surface area contributed by atoms with Crippen molar-refractivity contribution in [1.82, 2.24) is 15.1 Å². The molecular formula is C23H28FN3O3. The summed E-state index contributed by atoms with van der Waals surface area (Å²) in [5.41, 5.74) is 1.67. The molecule has 1 atom stereocenters. The van der Waals surface area contributed by atoms with Crippen molar-refractivity contribution in [2.24, 2.45) is 5.41 Å². The van der Waals surface area contributed by atoms with Crippen molar-refractivity contribution in [3.05, 3.63) is 65.3 Å². The fourth-order valence-corrected chi connectivity index (χ4v) is 3.03. The standard InChI is InChI=1S/C23H28FN3O3/c1-7-9-17-18(8-2)27(14-15-10-12-16(24)13-11-15)26-19(17)21(28)25-20(22(29)30-6)23(3,4)5/h7-13,20H,2,14H2,1,3-6H3,(H,25,28)/b9-7-. The molecule has 0 aliphatic heterocycles. The number of halogens is 1. The Bertz CT molecular complexity index is 953. The number of rotatable bonds is 7. The summed E-state index contributed by atoms with van der Waals surface area (Å²) in [6, 6.07) is 5.22. The summed E-state index contributed by atoms with van der Waals surface area (Å²) >= 11 is 0. The molecule has 0 aliphatic carbocycles. The maximum Gasteiger partial charge on any atom is 0.328 e. The monoisotopic (exact) mass is 413 g/mol. The van der Waals surface area contributed by atoms with Crippen molar-refractivity contribution < 1.29 is 18.7 Å². The fourth-order valence-electron chi connectivity index (χ4n) is 3.03. The molecule has 0 spiro atoms. The largest absolute Gasteiger partial charge is 0.467 e. The van der Waals surface area contributed by atoms with Crippen molar-refractivity contribution in [3.8, 4) is 0 Å². The summed E-state index contributed by atoms with van der Waals surface area (Å²) in [5, 5.41) is 7.23. The van der Waals surface area contributed by atoms with E-state index in [4.69, 9.17) is 4.74 Å². The van der Waals surface area contributed by atoms with Crippen LogP contribution in [0.25, 0.3) is 12.2 Å². The number of hydrogen-bond donors (Lipinski definition) is 1. The lowest BCUT2D eigenvalue weighted by Crippen LogP contribution is -2.49. The molecule has 30 heavy (non-hydrogen) atoms. The smallest absolute Gasteiger partial charge is 0.328 e. The molecule has 2 rings (SSSR count). The highest BCUT2D eigenvalue weighted by molar-refractivity contribution is 5.99. The zero-order chi connectivity index (χ0) is 22.5. The second-order valence-corrected chi connectivity index (χ2v) is 7.93. The summed E-state index contributed by atoms with van der Waals surface area (Å²) in [7, 11) is 1.28. The van der Waals surface area contributed by atoms with Crippen LogP contribution >= 0.6 is 0 Å². The Hall–Kier alpha value is -3.22. The first-order valence-electron chi connectivity index (χ1n) is 9.61. The molecule has 6 nitrogen and oxygen atoms in total. The van der Waals surface area contributed by atoms with E-state index in [1.54, 1.807) is 35.0 Å². The predicted molar refractivity (Wildman–Crippen MR) is 115 cm³/mol. The molecule has 1 N–H and O–H groups in total. The van der Waals surface area contributed by atoms with Crippen LogP contribution < -0.4 is 5.32 Å². The zero-order valence-corrected chi connectivity index (χ0v) is 18.0. The van der Waals surface area contributed by atoms with E-state index >= 15 is 0 Å². The highest BCUT2D eigenvalue weighted by atomic mass is 19.1. The number of nitrogens with zero attached hydrogens (tertiary/aromatic N) is 2. The van der Waals surface area contributed by atoms with Gasteiger partial charge in [-0.1, -0.05) is 51.6 Å². The summed E-state index contributed by atoms with van der Waals surface area (Å²) in [6.07, 6.45) is 5.18. The van der Waals surface area contributed by atoms with Crippen LogP contribution in [0.3, 0.4) is 0 Å². The molecule has 2 aromatic rings. The SMILES string of the molecule is C=Cc1c(/C=C\C)c(C(=O)NC(C(=O)OC)C(C)(C)C)nn1Cc1ccc(F)cc1. The second kappa shape index (κ2) is 9.52. The minimum absolute atomic E-state index is 0.170. The van der Waals surface area contributed by atoms with Crippen LogP contribution in [0.4, 0.5) is 4.39 Å². The van der Waals surface area contributed by atoms with Crippen molar-refractivity contribution in [1.29, 1.82) is 0 Å². The number of allylic oxidation sites excluding steroid dienone is 1. The van der Waals surface area contributed by atoms with Crippen LogP contribution in [-0.4, -0.2) is 34.8 Å².